The smallest absolute Gasteiger partial charge is 0.415 e. The second kappa shape index (κ2) is 15.7. The number of carbonyl (C=O) groups is 2. The summed E-state index contributed by atoms with van der Waals surface area (Å²) in [6, 6.07) is 14.6. The lowest BCUT2D eigenvalue weighted by atomic mass is 10.1. The predicted octanol–water partition coefficient (Wildman–Crippen LogP) is 4.72. The molecule has 2 aromatic carbocycles. The van der Waals surface area contributed by atoms with Crippen LogP contribution in [-0.2, 0) is 20.7 Å². The molecule has 0 radical (unpaired) electrons. The highest BCUT2D eigenvalue weighted by atomic mass is 16.6. The third-order valence-corrected chi connectivity index (χ3v) is 5.31. The van der Waals surface area contributed by atoms with E-state index in [-0.39, 0.29) is 13.0 Å². The van der Waals surface area contributed by atoms with Gasteiger partial charge in [0.1, 0.15) is 18.1 Å². The molecule has 0 fully saturated rings. The van der Waals surface area contributed by atoms with Gasteiger partial charge in [0.25, 0.3) is 0 Å². The van der Waals surface area contributed by atoms with Crippen LogP contribution in [0.3, 0.4) is 0 Å². The van der Waals surface area contributed by atoms with Crippen LogP contribution in [-0.4, -0.2) is 67.7 Å². The third-order valence-electron chi connectivity index (χ3n) is 5.31. The Labute approximate surface area is 207 Å². The van der Waals surface area contributed by atoms with Gasteiger partial charge in [-0.3, -0.25) is 0 Å². The van der Waals surface area contributed by atoms with E-state index < -0.39 is 18.2 Å². The Morgan fingerprint density at radius 1 is 0.971 bits per heavy atom. The first kappa shape index (κ1) is 28.1. The highest BCUT2D eigenvalue weighted by Gasteiger charge is 2.19. The van der Waals surface area contributed by atoms with Crippen LogP contribution in [0.1, 0.15) is 37.8 Å². The molecule has 0 bridgehead atoms. The molecular weight excluding hydrogens is 450 g/mol. The van der Waals surface area contributed by atoms with E-state index in [2.05, 4.69) is 6.92 Å². The molecule has 2 rings (SSSR count). The average Bonchev–Trinajstić information content (AvgIpc) is 2.84. The number of benzene rings is 2. The largest absolute Gasteiger partial charge is 0.492 e. The lowest BCUT2D eigenvalue weighted by Crippen LogP contribution is -2.39. The van der Waals surface area contributed by atoms with Gasteiger partial charge in [-0.05, 0) is 49.6 Å². The highest BCUT2D eigenvalue weighted by molar-refractivity contribution is 5.72. The Kier molecular flexibility index (Phi) is 12.7. The zero-order chi connectivity index (χ0) is 25.5. The first-order valence-electron chi connectivity index (χ1n) is 12.1. The Morgan fingerprint density at radius 3 is 2.34 bits per heavy atom. The molecule has 192 valence electrons. The molecule has 1 atom stereocenters. The van der Waals surface area contributed by atoms with E-state index >= 15 is 0 Å². The standard InChI is InChI=1S/C27H37NO7/c1-4-6-17-32-18-15-28(27(31)35-24-10-8-7-9-21(24)3)16-19-34-23-13-11-22(12-14-23)20-25(26(29)30)33-5-2/h7-14,25H,4-6,15-20H2,1-3H3,(H,29,30). The Hall–Kier alpha value is -3.10. The van der Waals surface area contributed by atoms with Crippen molar-refractivity contribution in [3.63, 3.8) is 0 Å². The van der Waals surface area contributed by atoms with E-state index in [1.165, 1.54) is 0 Å². The maximum Gasteiger partial charge on any atom is 0.415 e. The lowest BCUT2D eigenvalue weighted by molar-refractivity contribution is -0.149. The summed E-state index contributed by atoms with van der Waals surface area (Å²) in [7, 11) is 0. The zero-order valence-corrected chi connectivity index (χ0v) is 20.9. The van der Waals surface area contributed by atoms with Gasteiger partial charge in [0, 0.05) is 26.2 Å². The van der Waals surface area contributed by atoms with E-state index in [0.717, 1.165) is 24.0 Å². The number of aliphatic carboxylic acids is 1. The van der Waals surface area contributed by atoms with E-state index in [4.69, 9.17) is 18.9 Å². The fourth-order valence-corrected chi connectivity index (χ4v) is 3.28. The van der Waals surface area contributed by atoms with Gasteiger partial charge in [-0.25, -0.2) is 9.59 Å². The van der Waals surface area contributed by atoms with E-state index in [9.17, 15) is 14.7 Å². The first-order valence-corrected chi connectivity index (χ1v) is 12.1. The van der Waals surface area contributed by atoms with Gasteiger partial charge in [0.2, 0.25) is 0 Å². The van der Waals surface area contributed by atoms with E-state index in [1.807, 2.05) is 37.3 Å². The molecule has 0 aliphatic carbocycles. The molecule has 8 heteroatoms. The molecule has 1 unspecified atom stereocenters. The van der Waals surface area contributed by atoms with Gasteiger partial charge in [0.05, 0.1) is 13.2 Å². The third kappa shape index (κ3) is 10.4. The average molecular weight is 488 g/mol. The molecule has 1 amide bonds. The minimum Gasteiger partial charge on any atom is -0.492 e. The van der Waals surface area contributed by atoms with Crippen molar-refractivity contribution in [2.75, 3.05) is 39.5 Å². The molecule has 0 saturated carbocycles. The van der Waals surface area contributed by atoms with Crippen molar-refractivity contribution >= 4 is 12.1 Å². The first-order chi connectivity index (χ1) is 16.9. The molecule has 0 aliphatic rings. The van der Waals surface area contributed by atoms with Crippen LogP contribution in [0.15, 0.2) is 48.5 Å². The van der Waals surface area contributed by atoms with Crippen LogP contribution < -0.4 is 9.47 Å². The number of hydrogen-bond acceptors (Lipinski definition) is 6. The molecular formula is C27H37NO7. The molecule has 1 N–H and O–H groups in total. The maximum absolute atomic E-state index is 12.8. The van der Waals surface area contributed by atoms with Crippen LogP contribution in [0.4, 0.5) is 4.79 Å². The van der Waals surface area contributed by atoms with Crippen LogP contribution in [0.5, 0.6) is 11.5 Å². The fraction of sp³-hybridized carbons (Fsp3) is 0.481. The lowest BCUT2D eigenvalue weighted by Gasteiger charge is -2.22. The summed E-state index contributed by atoms with van der Waals surface area (Å²) in [5, 5.41) is 9.24. The van der Waals surface area contributed by atoms with Crippen LogP contribution in [0.25, 0.3) is 0 Å². The number of amides is 1. The Bertz CT molecular complexity index is 901. The number of carboxylic acid groups (broad SMARTS) is 1. The number of para-hydroxylation sites is 1. The number of ether oxygens (including phenoxy) is 4. The maximum atomic E-state index is 12.8. The van der Waals surface area contributed by atoms with Crippen molar-refractivity contribution in [1.82, 2.24) is 4.90 Å². The van der Waals surface area contributed by atoms with Crippen molar-refractivity contribution in [3.8, 4) is 11.5 Å². The van der Waals surface area contributed by atoms with E-state index in [0.29, 0.717) is 44.4 Å². The molecule has 0 heterocycles. The number of rotatable bonds is 16. The topological polar surface area (TPSA) is 94.5 Å². The van der Waals surface area contributed by atoms with Gasteiger partial charge in [0.15, 0.2) is 6.10 Å². The van der Waals surface area contributed by atoms with Crippen LogP contribution in [0, 0.1) is 6.92 Å². The van der Waals surface area contributed by atoms with Gasteiger partial charge in [-0.15, -0.1) is 0 Å². The SMILES string of the molecule is CCCCOCCN(CCOc1ccc(CC(OCC)C(=O)O)cc1)C(=O)Oc1ccccc1C. The van der Waals surface area contributed by atoms with Gasteiger partial charge < -0.3 is 29.0 Å². The van der Waals surface area contributed by atoms with Crippen molar-refractivity contribution < 1.29 is 33.6 Å². The molecule has 0 aromatic heterocycles. The predicted molar refractivity (Wildman–Crippen MR) is 133 cm³/mol. The summed E-state index contributed by atoms with van der Waals surface area (Å²) < 4.78 is 22.3. The number of nitrogens with zero attached hydrogens (tertiary/aromatic N) is 1. The quantitative estimate of drug-likeness (QED) is 0.342. The molecule has 8 nitrogen and oxygen atoms in total. The van der Waals surface area contributed by atoms with Crippen molar-refractivity contribution in [1.29, 1.82) is 0 Å². The fourth-order valence-electron chi connectivity index (χ4n) is 3.28. The second-order valence-corrected chi connectivity index (χ2v) is 8.07. The van der Waals surface area contributed by atoms with Gasteiger partial charge in [-0.1, -0.05) is 43.7 Å². The Morgan fingerprint density at radius 2 is 1.69 bits per heavy atom. The summed E-state index contributed by atoms with van der Waals surface area (Å²) in [6.07, 6.45) is 0.978. The molecule has 0 saturated heterocycles. The summed E-state index contributed by atoms with van der Waals surface area (Å²) in [6.45, 7) is 8.17. The summed E-state index contributed by atoms with van der Waals surface area (Å²) >= 11 is 0. The summed E-state index contributed by atoms with van der Waals surface area (Å²) in [5.41, 5.74) is 1.72. The second-order valence-electron chi connectivity index (χ2n) is 8.07. The molecule has 0 spiro atoms. The molecule has 35 heavy (non-hydrogen) atoms. The number of unbranched alkanes of at least 4 members (excludes halogenated alkanes) is 1. The van der Waals surface area contributed by atoms with E-state index in [1.54, 1.807) is 30.0 Å². The van der Waals surface area contributed by atoms with Gasteiger partial charge >= 0.3 is 12.1 Å². The number of carboxylic acids is 1. The van der Waals surface area contributed by atoms with Gasteiger partial charge in [-0.2, -0.15) is 0 Å². The molecule has 2 aromatic rings. The number of aryl methyl sites for hydroxylation is 1. The minimum atomic E-state index is -0.983. The normalized spacial score (nSPS) is 11.6. The number of hydrogen-bond donors (Lipinski definition) is 1. The summed E-state index contributed by atoms with van der Waals surface area (Å²) in [5.74, 6) is 0.171. The highest BCUT2D eigenvalue weighted by Crippen LogP contribution is 2.18. The van der Waals surface area contributed by atoms with Crippen LogP contribution >= 0.6 is 0 Å². The molecule has 0 aliphatic heterocycles. The van der Waals surface area contributed by atoms with Crippen molar-refractivity contribution in [2.45, 2.75) is 46.1 Å². The Balaban J connectivity index is 1.91. The van der Waals surface area contributed by atoms with Crippen molar-refractivity contribution in [3.05, 3.63) is 59.7 Å². The van der Waals surface area contributed by atoms with Crippen molar-refractivity contribution in [2.24, 2.45) is 0 Å². The minimum absolute atomic E-state index is 0.272. The zero-order valence-electron chi connectivity index (χ0n) is 20.9. The summed E-state index contributed by atoms with van der Waals surface area (Å²) in [4.78, 5) is 25.7. The number of carbonyl (C=O) groups excluding carboxylic acids is 1. The monoisotopic (exact) mass is 487 g/mol. The van der Waals surface area contributed by atoms with Crippen LogP contribution in [0.2, 0.25) is 0 Å².